The van der Waals surface area contributed by atoms with Crippen LogP contribution in [0.25, 0.3) is 0 Å². The Morgan fingerprint density at radius 1 is 0.962 bits per heavy atom. The lowest BCUT2D eigenvalue weighted by atomic mass is 10.1. The first-order valence-corrected chi connectivity index (χ1v) is 9.48. The summed E-state index contributed by atoms with van der Waals surface area (Å²) in [7, 11) is 0. The highest BCUT2D eigenvalue weighted by molar-refractivity contribution is 7.98. The predicted octanol–water partition coefficient (Wildman–Crippen LogP) is 5.12. The van der Waals surface area contributed by atoms with Crippen molar-refractivity contribution < 1.29 is 0 Å². The van der Waals surface area contributed by atoms with Gasteiger partial charge in [0, 0.05) is 22.2 Å². The van der Waals surface area contributed by atoms with E-state index in [2.05, 4.69) is 16.0 Å². The molecule has 0 radical (unpaired) electrons. The largest absolute Gasteiger partial charge is 0.382 e. The number of nitriles is 1. The second kappa shape index (κ2) is 8.41. The summed E-state index contributed by atoms with van der Waals surface area (Å²) in [6.07, 6.45) is 0.412. The van der Waals surface area contributed by atoms with Crippen molar-refractivity contribution in [3.63, 3.8) is 0 Å². The molecule has 130 valence electrons. The first-order valence-electron chi connectivity index (χ1n) is 7.74. The lowest BCUT2D eigenvalue weighted by Crippen LogP contribution is -2.06. The summed E-state index contributed by atoms with van der Waals surface area (Å²) in [5, 5.41) is 11.2. The van der Waals surface area contributed by atoms with Crippen molar-refractivity contribution in [3.05, 3.63) is 81.0 Å². The van der Waals surface area contributed by atoms with Crippen LogP contribution in [0.4, 0.5) is 5.82 Å². The fourth-order valence-electron chi connectivity index (χ4n) is 2.40. The van der Waals surface area contributed by atoms with Crippen LogP contribution in [-0.2, 0) is 12.2 Å². The van der Waals surface area contributed by atoms with Crippen molar-refractivity contribution in [2.45, 2.75) is 17.3 Å². The summed E-state index contributed by atoms with van der Waals surface area (Å²) in [5.41, 5.74) is 8.69. The highest BCUT2D eigenvalue weighted by Crippen LogP contribution is 2.28. The van der Waals surface area contributed by atoms with Gasteiger partial charge >= 0.3 is 0 Å². The molecule has 1 aromatic heterocycles. The van der Waals surface area contributed by atoms with Crippen LogP contribution in [0, 0.1) is 11.3 Å². The standard InChI is InChI=1S/C19H14Cl2N4S/c20-15-7-3-1-5-12(15)9-17-14(10-22)18(23)25-19(24-17)26-11-13-6-2-4-8-16(13)21/h1-8H,9,11H2,(H2,23,24,25). The molecule has 0 fully saturated rings. The number of anilines is 1. The molecule has 0 amide bonds. The number of aromatic nitrogens is 2. The van der Waals surface area contributed by atoms with Gasteiger partial charge in [-0.15, -0.1) is 0 Å². The molecule has 0 aliphatic carbocycles. The average Bonchev–Trinajstić information content (AvgIpc) is 2.63. The van der Waals surface area contributed by atoms with Crippen molar-refractivity contribution in [2.75, 3.05) is 5.73 Å². The molecule has 2 N–H and O–H groups in total. The van der Waals surface area contributed by atoms with Gasteiger partial charge in [0.25, 0.3) is 0 Å². The molecule has 0 unspecified atom stereocenters. The van der Waals surface area contributed by atoms with E-state index in [4.69, 9.17) is 28.9 Å². The second-order valence-electron chi connectivity index (χ2n) is 5.47. The fourth-order valence-corrected chi connectivity index (χ4v) is 3.76. The smallest absolute Gasteiger partial charge is 0.190 e. The van der Waals surface area contributed by atoms with Gasteiger partial charge in [-0.05, 0) is 23.3 Å². The summed E-state index contributed by atoms with van der Waals surface area (Å²) < 4.78 is 0. The van der Waals surface area contributed by atoms with E-state index < -0.39 is 0 Å². The minimum atomic E-state index is 0.172. The van der Waals surface area contributed by atoms with Gasteiger partial charge in [-0.3, -0.25) is 0 Å². The average molecular weight is 401 g/mol. The lowest BCUT2D eigenvalue weighted by Gasteiger charge is -2.10. The van der Waals surface area contributed by atoms with E-state index in [9.17, 15) is 5.26 Å². The van der Waals surface area contributed by atoms with Gasteiger partial charge in [0.1, 0.15) is 17.5 Å². The van der Waals surface area contributed by atoms with Crippen molar-refractivity contribution in [1.82, 2.24) is 9.97 Å². The Hall–Kier alpha value is -2.26. The fraction of sp³-hybridized carbons (Fsp3) is 0.105. The minimum Gasteiger partial charge on any atom is -0.382 e. The zero-order chi connectivity index (χ0) is 18.5. The molecular weight excluding hydrogens is 387 g/mol. The Kier molecular flexibility index (Phi) is 6.00. The molecule has 0 atom stereocenters. The van der Waals surface area contributed by atoms with Crippen LogP contribution in [0.1, 0.15) is 22.4 Å². The van der Waals surface area contributed by atoms with Crippen LogP contribution in [0.3, 0.4) is 0 Å². The van der Waals surface area contributed by atoms with Gasteiger partial charge in [-0.25, -0.2) is 9.97 Å². The highest BCUT2D eigenvalue weighted by Gasteiger charge is 2.15. The number of nitrogens with zero attached hydrogens (tertiary/aromatic N) is 3. The van der Waals surface area contributed by atoms with E-state index >= 15 is 0 Å². The third-order valence-corrected chi connectivity index (χ3v) is 5.37. The molecule has 26 heavy (non-hydrogen) atoms. The molecule has 3 aromatic rings. The van der Waals surface area contributed by atoms with Gasteiger partial charge < -0.3 is 5.73 Å². The number of hydrogen-bond acceptors (Lipinski definition) is 5. The maximum Gasteiger partial charge on any atom is 0.190 e. The summed E-state index contributed by atoms with van der Waals surface area (Å²) >= 11 is 13.8. The Labute approximate surface area is 166 Å². The Bertz CT molecular complexity index is 986. The second-order valence-corrected chi connectivity index (χ2v) is 7.23. The Morgan fingerprint density at radius 2 is 1.58 bits per heavy atom. The Morgan fingerprint density at radius 3 is 2.19 bits per heavy atom. The predicted molar refractivity (Wildman–Crippen MR) is 106 cm³/mol. The van der Waals surface area contributed by atoms with E-state index in [-0.39, 0.29) is 11.4 Å². The summed E-state index contributed by atoms with van der Waals surface area (Å²) in [6.45, 7) is 0. The molecule has 1 heterocycles. The third kappa shape index (κ3) is 4.28. The molecule has 0 saturated carbocycles. The quantitative estimate of drug-likeness (QED) is 0.474. The van der Waals surface area contributed by atoms with Gasteiger partial charge in [-0.2, -0.15) is 5.26 Å². The number of thioether (sulfide) groups is 1. The van der Waals surface area contributed by atoms with Crippen LogP contribution < -0.4 is 5.73 Å². The van der Waals surface area contributed by atoms with Gasteiger partial charge in [0.2, 0.25) is 0 Å². The van der Waals surface area contributed by atoms with E-state index in [1.807, 2.05) is 42.5 Å². The van der Waals surface area contributed by atoms with Crippen molar-refractivity contribution in [2.24, 2.45) is 0 Å². The number of halogens is 2. The summed E-state index contributed by atoms with van der Waals surface area (Å²) in [5.74, 6) is 0.780. The van der Waals surface area contributed by atoms with Crippen molar-refractivity contribution in [1.29, 1.82) is 5.26 Å². The van der Waals surface area contributed by atoms with Crippen LogP contribution in [-0.4, -0.2) is 9.97 Å². The first-order chi connectivity index (χ1) is 12.6. The van der Waals surface area contributed by atoms with Gasteiger partial charge in [0.05, 0.1) is 5.69 Å². The topological polar surface area (TPSA) is 75.6 Å². The summed E-state index contributed by atoms with van der Waals surface area (Å²) in [4.78, 5) is 8.78. The van der Waals surface area contributed by atoms with Crippen molar-refractivity contribution >= 4 is 40.8 Å². The molecule has 2 aromatic carbocycles. The number of hydrogen-bond donors (Lipinski definition) is 1. The number of rotatable bonds is 5. The van der Waals surface area contributed by atoms with Gasteiger partial charge in [0.15, 0.2) is 5.16 Å². The molecule has 3 rings (SSSR count). The number of nitrogen functional groups attached to an aromatic ring is 1. The van der Waals surface area contributed by atoms with Crippen LogP contribution >= 0.6 is 35.0 Å². The van der Waals surface area contributed by atoms with Crippen LogP contribution in [0.15, 0.2) is 53.7 Å². The third-order valence-electron chi connectivity index (χ3n) is 3.73. The summed E-state index contributed by atoms with van der Waals surface area (Å²) in [6, 6.07) is 17.2. The highest BCUT2D eigenvalue weighted by atomic mass is 35.5. The molecule has 0 aliphatic rings. The minimum absolute atomic E-state index is 0.172. The molecular formula is C19H14Cl2N4S. The zero-order valence-corrected chi connectivity index (χ0v) is 15.9. The molecule has 4 nitrogen and oxygen atoms in total. The van der Waals surface area contributed by atoms with Crippen molar-refractivity contribution in [3.8, 4) is 6.07 Å². The van der Waals surface area contributed by atoms with E-state index in [0.29, 0.717) is 33.1 Å². The molecule has 7 heteroatoms. The zero-order valence-electron chi connectivity index (χ0n) is 13.6. The monoisotopic (exact) mass is 400 g/mol. The number of nitrogens with two attached hydrogens (primary N) is 1. The first kappa shape index (κ1) is 18.5. The molecule has 0 aliphatic heterocycles. The van der Waals surface area contributed by atoms with E-state index in [1.54, 1.807) is 6.07 Å². The lowest BCUT2D eigenvalue weighted by molar-refractivity contribution is 0.902. The molecule has 0 saturated heterocycles. The SMILES string of the molecule is N#Cc1c(N)nc(SCc2ccccc2Cl)nc1Cc1ccccc1Cl. The Balaban J connectivity index is 1.88. The normalized spacial score (nSPS) is 10.5. The maximum absolute atomic E-state index is 9.41. The van der Waals surface area contributed by atoms with Crippen LogP contribution in [0.2, 0.25) is 10.0 Å². The van der Waals surface area contributed by atoms with E-state index in [1.165, 1.54) is 11.8 Å². The molecule has 0 spiro atoms. The van der Waals surface area contributed by atoms with E-state index in [0.717, 1.165) is 11.1 Å². The van der Waals surface area contributed by atoms with Crippen LogP contribution in [0.5, 0.6) is 0 Å². The van der Waals surface area contributed by atoms with Gasteiger partial charge in [-0.1, -0.05) is 71.4 Å². The maximum atomic E-state index is 9.41. The molecule has 0 bridgehead atoms. The number of benzene rings is 2.